The summed E-state index contributed by atoms with van der Waals surface area (Å²) in [6.07, 6.45) is 3.78. The van der Waals surface area contributed by atoms with Gasteiger partial charge in [-0.1, -0.05) is 32.6 Å². The first-order valence-electron chi connectivity index (χ1n) is 6.81. The molecule has 0 amide bonds. The molecule has 18 heavy (non-hydrogen) atoms. The van der Waals surface area contributed by atoms with Crippen LogP contribution >= 0.6 is 0 Å². The SMILES string of the molecule is CC.Cc1cc(C[C@H]2CCC[N-]C2)cc(C)n1.[Y]. The van der Waals surface area contributed by atoms with Crippen LogP contribution < -0.4 is 0 Å². The molecule has 0 aliphatic carbocycles. The first-order chi connectivity index (χ1) is 8.24. The van der Waals surface area contributed by atoms with Gasteiger partial charge in [-0.15, -0.1) is 13.1 Å². The van der Waals surface area contributed by atoms with E-state index in [1.54, 1.807) is 0 Å². The zero-order chi connectivity index (χ0) is 12.7. The van der Waals surface area contributed by atoms with Crippen molar-refractivity contribution in [1.82, 2.24) is 4.98 Å². The van der Waals surface area contributed by atoms with E-state index in [9.17, 15) is 0 Å². The van der Waals surface area contributed by atoms with Gasteiger partial charge in [0.1, 0.15) is 0 Å². The zero-order valence-corrected chi connectivity index (χ0v) is 15.1. The molecule has 1 fully saturated rings. The fourth-order valence-corrected chi connectivity index (χ4v) is 2.40. The van der Waals surface area contributed by atoms with E-state index in [2.05, 4.69) is 36.3 Å². The number of rotatable bonds is 2. The first kappa shape index (κ1) is 18.2. The number of hydrogen-bond donors (Lipinski definition) is 0. The molecule has 2 nitrogen and oxygen atoms in total. The Bertz CT molecular complexity index is 313. The summed E-state index contributed by atoms with van der Waals surface area (Å²) in [4.78, 5) is 4.40. The molecule has 1 saturated heterocycles. The van der Waals surface area contributed by atoms with E-state index in [4.69, 9.17) is 0 Å². The Labute approximate surface area is 137 Å². The van der Waals surface area contributed by atoms with Crippen LogP contribution in [0.4, 0.5) is 0 Å². The molecule has 2 heterocycles. The van der Waals surface area contributed by atoms with Crippen molar-refractivity contribution < 1.29 is 32.7 Å². The van der Waals surface area contributed by atoms with Crippen LogP contribution in [0.5, 0.6) is 0 Å². The van der Waals surface area contributed by atoms with E-state index in [-0.39, 0.29) is 32.7 Å². The Morgan fingerprint density at radius 1 is 1.22 bits per heavy atom. The van der Waals surface area contributed by atoms with Gasteiger partial charge in [0, 0.05) is 44.1 Å². The molecule has 2 rings (SSSR count). The summed E-state index contributed by atoms with van der Waals surface area (Å²) in [6.45, 7) is 10.3. The van der Waals surface area contributed by atoms with E-state index in [1.165, 1.54) is 24.8 Å². The van der Waals surface area contributed by atoms with Gasteiger partial charge in [-0.3, -0.25) is 4.98 Å². The predicted molar refractivity (Wildman–Crippen MR) is 74.6 cm³/mol. The number of aryl methyl sites for hydroxylation is 2. The molecule has 99 valence electrons. The number of aromatic nitrogens is 1. The maximum Gasteiger partial charge on any atom is 0.0378 e. The fourth-order valence-electron chi connectivity index (χ4n) is 2.40. The largest absolute Gasteiger partial charge is 0.662 e. The third-order valence-electron chi connectivity index (χ3n) is 2.98. The van der Waals surface area contributed by atoms with Crippen molar-refractivity contribution in [1.29, 1.82) is 0 Å². The van der Waals surface area contributed by atoms with Gasteiger partial charge >= 0.3 is 0 Å². The van der Waals surface area contributed by atoms with Gasteiger partial charge in [-0.05, 0) is 38.0 Å². The van der Waals surface area contributed by atoms with Crippen LogP contribution in [0.3, 0.4) is 0 Å². The molecule has 1 aromatic rings. The van der Waals surface area contributed by atoms with Crippen molar-refractivity contribution in [3.63, 3.8) is 0 Å². The Hall–Kier alpha value is 0.214. The van der Waals surface area contributed by atoms with E-state index in [1.807, 2.05) is 13.8 Å². The molecular formula is C15H25N2Y-. The van der Waals surface area contributed by atoms with Crippen LogP contribution in [0, 0.1) is 19.8 Å². The minimum atomic E-state index is 0. The summed E-state index contributed by atoms with van der Waals surface area (Å²) in [5.41, 5.74) is 3.71. The van der Waals surface area contributed by atoms with Crippen molar-refractivity contribution in [2.75, 3.05) is 13.1 Å². The van der Waals surface area contributed by atoms with E-state index in [0.29, 0.717) is 0 Å². The molecule has 0 unspecified atom stereocenters. The number of pyridine rings is 1. The number of hydrogen-bond acceptors (Lipinski definition) is 1. The quantitative estimate of drug-likeness (QED) is 0.807. The summed E-state index contributed by atoms with van der Waals surface area (Å²) < 4.78 is 0. The minimum Gasteiger partial charge on any atom is -0.662 e. The Morgan fingerprint density at radius 2 is 1.83 bits per heavy atom. The third-order valence-corrected chi connectivity index (χ3v) is 2.98. The summed E-state index contributed by atoms with van der Waals surface area (Å²) in [5, 5.41) is 4.48. The van der Waals surface area contributed by atoms with E-state index in [0.717, 1.165) is 30.4 Å². The second-order valence-corrected chi connectivity index (χ2v) is 4.60. The van der Waals surface area contributed by atoms with Gasteiger partial charge in [0.2, 0.25) is 0 Å². The third kappa shape index (κ3) is 6.40. The monoisotopic (exact) mass is 322 g/mol. The van der Waals surface area contributed by atoms with Crippen LogP contribution in [0.15, 0.2) is 12.1 Å². The molecule has 3 heteroatoms. The van der Waals surface area contributed by atoms with Gasteiger partial charge in [0.05, 0.1) is 0 Å². The first-order valence-corrected chi connectivity index (χ1v) is 6.81. The van der Waals surface area contributed by atoms with Crippen LogP contribution in [0.2, 0.25) is 0 Å². The smallest absolute Gasteiger partial charge is 0.0378 e. The fraction of sp³-hybridized carbons (Fsp3) is 0.667. The van der Waals surface area contributed by atoms with Crippen LogP contribution in [0.1, 0.15) is 43.6 Å². The Kier molecular flexibility index (Phi) is 10.2. The average molecular weight is 322 g/mol. The maximum atomic E-state index is 4.48. The van der Waals surface area contributed by atoms with Crippen molar-refractivity contribution in [2.24, 2.45) is 5.92 Å². The minimum absolute atomic E-state index is 0. The molecule has 1 aliphatic rings. The summed E-state index contributed by atoms with van der Waals surface area (Å²) >= 11 is 0. The van der Waals surface area contributed by atoms with Crippen LogP contribution in [-0.2, 0) is 39.1 Å². The van der Waals surface area contributed by atoms with Crippen molar-refractivity contribution in [3.8, 4) is 0 Å². The average Bonchev–Trinajstić information content (AvgIpc) is 2.31. The van der Waals surface area contributed by atoms with Crippen LogP contribution in [0.25, 0.3) is 5.32 Å². The van der Waals surface area contributed by atoms with Gasteiger partial charge in [0.15, 0.2) is 0 Å². The predicted octanol–water partition coefficient (Wildman–Crippen LogP) is 4.05. The molecule has 0 N–H and O–H groups in total. The summed E-state index contributed by atoms with van der Waals surface area (Å²) in [7, 11) is 0. The van der Waals surface area contributed by atoms with Gasteiger partial charge in [-0.25, -0.2) is 0 Å². The normalized spacial score (nSPS) is 18.3. The van der Waals surface area contributed by atoms with Crippen LogP contribution in [-0.4, -0.2) is 18.1 Å². The molecule has 0 saturated carbocycles. The number of nitrogens with zero attached hydrogens (tertiary/aromatic N) is 2. The van der Waals surface area contributed by atoms with Gasteiger partial charge in [0.25, 0.3) is 0 Å². The molecule has 1 aromatic heterocycles. The Balaban J connectivity index is 0.000000917. The Morgan fingerprint density at radius 3 is 2.33 bits per heavy atom. The molecule has 1 aliphatic heterocycles. The standard InChI is InChI=1S/C13H19N2.C2H6.Y/c1-10-6-13(7-11(2)15-10)8-12-4-3-5-14-9-12;1-2;/h6-7,12H,3-5,8-9H2,1-2H3;1-2H3;/q-1;;/t12-;;/m1../s1. The summed E-state index contributed by atoms with van der Waals surface area (Å²) in [6, 6.07) is 4.42. The maximum absolute atomic E-state index is 4.48. The molecule has 0 aromatic carbocycles. The molecule has 1 radical (unpaired) electrons. The molecule has 1 atom stereocenters. The molecule has 0 bridgehead atoms. The summed E-state index contributed by atoms with van der Waals surface area (Å²) in [5.74, 6) is 0.764. The molecule has 0 spiro atoms. The van der Waals surface area contributed by atoms with Gasteiger partial charge < -0.3 is 5.32 Å². The van der Waals surface area contributed by atoms with Crippen molar-refractivity contribution in [2.45, 2.75) is 47.0 Å². The van der Waals surface area contributed by atoms with E-state index < -0.39 is 0 Å². The molecular weight excluding hydrogens is 297 g/mol. The zero-order valence-electron chi connectivity index (χ0n) is 12.2. The van der Waals surface area contributed by atoms with E-state index >= 15 is 0 Å². The topological polar surface area (TPSA) is 27.0 Å². The second kappa shape index (κ2) is 10.1. The van der Waals surface area contributed by atoms with Gasteiger partial charge in [-0.2, -0.15) is 0 Å². The van der Waals surface area contributed by atoms with Crippen molar-refractivity contribution in [3.05, 3.63) is 34.4 Å². The van der Waals surface area contributed by atoms with Crippen molar-refractivity contribution >= 4 is 0 Å². The second-order valence-electron chi connectivity index (χ2n) is 4.60. The number of piperidine rings is 1.